The zero-order valence-corrected chi connectivity index (χ0v) is 13.7. The maximum Gasteiger partial charge on any atom is 0.292 e. The lowest BCUT2D eigenvalue weighted by Gasteiger charge is -2.33. The van der Waals surface area contributed by atoms with E-state index in [2.05, 4.69) is 5.32 Å². The predicted octanol–water partition coefficient (Wildman–Crippen LogP) is 2.45. The van der Waals surface area contributed by atoms with Crippen LogP contribution in [0.3, 0.4) is 0 Å². The van der Waals surface area contributed by atoms with Gasteiger partial charge in [0.1, 0.15) is 5.69 Å². The summed E-state index contributed by atoms with van der Waals surface area (Å²) in [6.45, 7) is 5.56. The van der Waals surface area contributed by atoms with Crippen LogP contribution in [0.25, 0.3) is 0 Å². The van der Waals surface area contributed by atoms with Crippen molar-refractivity contribution in [3.8, 4) is 0 Å². The molecule has 0 atom stereocenters. The summed E-state index contributed by atoms with van der Waals surface area (Å²) in [7, 11) is -0.688. The molecule has 21 heavy (non-hydrogen) atoms. The molecule has 0 amide bonds. The Bertz CT molecular complexity index is 641. The van der Waals surface area contributed by atoms with E-state index in [1.807, 2.05) is 20.8 Å². The zero-order chi connectivity index (χ0) is 16.4. The van der Waals surface area contributed by atoms with Crippen molar-refractivity contribution in [1.29, 1.82) is 0 Å². The van der Waals surface area contributed by atoms with Crippen LogP contribution in [0.1, 0.15) is 27.2 Å². The zero-order valence-electron chi connectivity index (χ0n) is 12.9. The molecule has 1 aromatic rings. The lowest BCUT2D eigenvalue weighted by atomic mass is 10.0. The SMILES string of the molecule is CCC(C)(C)N(C)S(=O)(=O)c1ccc([N+](=O)[O-])c(NC)c1. The summed E-state index contributed by atoms with van der Waals surface area (Å²) in [6.07, 6.45) is 0.647. The summed E-state index contributed by atoms with van der Waals surface area (Å²) in [5.41, 5.74) is -0.530. The van der Waals surface area contributed by atoms with Crippen LogP contribution in [0, 0.1) is 10.1 Å². The highest BCUT2D eigenvalue weighted by atomic mass is 32.2. The Morgan fingerprint density at radius 2 is 1.95 bits per heavy atom. The van der Waals surface area contributed by atoms with Crippen molar-refractivity contribution < 1.29 is 13.3 Å². The maximum atomic E-state index is 12.6. The number of nitrogens with one attached hydrogen (secondary N) is 1. The Hall–Kier alpha value is -1.67. The predicted molar refractivity (Wildman–Crippen MR) is 82.0 cm³/mol. The molecular formula is C13H21N3O4S. The van der Waals surface area contributed by atoms with Crippen LogP contribution in [0.2, 0.25) is 0 Å². The van der Waals surface area contributed by atoms with Gasteiger partial charge < -0.3 is 5.32 Å². The number of benzene rings is 1. The van der Waals surface area contributed by atoms with Crippen molar-refractivity contribution in [3.05, 3.63) is 28.3 Å². The lowest BCUT2D eigenvalue weighted by molar-refractivity contribution is -0.384. The van der Waals surface area contributed by atoms with E-state index in [0.717, 1.165) is 0 Å². The smallest absolute Gasteiger partial charge is 0.292 e. The van der Waals surface area contributed by atoms with Gasteiger partial charge in [-0.25, -0.2) is 8.42 Å². The first-order valence-corrected chi connectivity index (χ1v) is 7.97. The molecule has 0 aliphatic heterocycles. The second-order valence-electron chi connectivity index (χ2n) is 5.32. The van der Waals surface area contributed by atoms with E-state index < -0.39 is 20.5 Å². The van der Waals surface area contributed by atoms with Gasteiger partial charge in [-0.15, -0.1) is 0 Å². The molecule has 0 heterocycles. The standard InChI is InChI=1S/C13H21N3O4S/c1-6-13(2,3)15(5)21(19,20)10-7-8-12(16(17)18)11(9-10)14-4/h7-9,14H,6H2,1-5H3. The highest BCUT2D eigenvalue weighted by Crippen LogP contribution is 2.30. The molecule has 0 aliphatic carbocycles. The van der Waals surface area contributed by atoms with Crippen molar-refractivity contribution in [3.63, 3.8) is 0 Å². The molecule has 0 fully saturated rings. The van der Waals surface area contributed by atoms with E-state index in [9.17, 15) is 18.5 Å². The molecule has 0 spiro atoms. The molecule has 0 aliphatic rings. The van der Waals surface area contributed by atoms with Gasteiger partial charge in [-0.1, -0.05) is 6.92 Å². The molecule has 0 bridgehead atoms. The minimum atomic E-state index is -3.71. The summed E-state index contributed by atoms with van der Waals surface area (Å²) in [4.78, 5) is 10.4. The molecule has 0 aromatic heterocycles. The number of nitro benzene ring substituents is 1. The third-order valence-corrected chi connectivity index (χ3v) is 5.88. The van der Waals surface area contributed by atoms with E-state index in [1.54, 1.807) is 0 Å². The average Bonchev–Trinajstić information content (AvgIpc) is 2.45. The first-order valence-electron chi connectivity index (χ1n) is 6.53. The van der Waals surface area contributed by atoms with Gasteiger partial charge in [-0.3, -0.25) is 10.1 Å². The minimum absolute atomic E-state index is 0.0291. The van der Waals surface area contributed by atoms with Gasteiger partial charge in [0.05, 0.1) is 9.82 Å². The van der Waals surface area contributed by atoms with Crippen molar-refractivity contribution in [2.75, 3.05) is 19.4 Å². The van der Waals surface area contributed by atoms with Gasteiger partial charge in [0.2, 0.25) is 10.0 Å². The first-order chi connectivity index (χ1) is 9.57. The largest absolute Gasteiger partial charge is 0.383 e. The molecule has 1 rings (SSSR count). The van der Waals surface area contributed by atoms with Gasteiger partial charge >= 0.3 is 0 Å². The number of hydrogen-bond acceptors (Lipinski definition) is 5. The summed E-state index contributed by atoms with van der Waals surface area (Å²) in [5, 5.41) is 13.5. The molecule has 7 nitrogen and oxygen atoms in total. The number of anilines is 1. The Balaban J connectivity index is 3.37. The Morgan fingerprint density at radius 3 is 2.38 bits per heavy atom. The number of hydrogen-bond donors (Lipinski definition) is 1. The molecule has 0 unspecified atom stereocenters. The van der Waals surface area contributed by atoms with Gasteiger partial charge in [-0.05, 0) is 32.4 Å². The average molecular weight is 315 g/mol. The summed E-state index contributed by atoms with van der Waals surface area (Å²) < 4.78 is 26.5. The van der Waals surface area contributed by atoms with Gasteiger partial charge in [0.25, 0.3) is 5.69 Å². The van der Waals surface area contributed by atoms with E-state index in [1.165, 1.54) is 36.6 Å². The number of nitro groups is 1. The van der Waals surface area contributed by atoms with E-state index in [4.69, 9.17) is 0 Å². The summed E-state index contributed by atoms with van der Waals surface area (Å²) in [5.74, 6) is 0. The number of rotatable bonds is 6. The normalized spacial score (nSPS) is 12.5. The molecule has 0 radical (unpaired) electrons. The third kappa shape index (κ3) is 3.33. The quantitative estimate of drug-likeness (QED) is 0.643. The highest BCUT2D eigenvalue weighted by Gasteiger charge is 2.33. The summed E-state index contributed by atoms with van der Waals surface area (Å²) in [6, 6.07) is 3.75. The Morgan fingerprint density at radius 1 is 1.38 bits per heavy atom. The molecule has 118 valence electrons. The number of sulfonamides is 1. The van der Waals surface area contributed by atoms with Crippen LogP contribution in [-0.4, -0.2) is 37.3 Å². The van der Waals surface area contributed by atoms with Crippen molar-refractivity contribution in [1.82, 2.24) is 4.31 Å². The first kappa shape index (κ1) is 17.4. The van der Waals surface area contributed by atoms with Crippen LogP contribution >= 0.6 is 0 Å². The highest BCUT2D eigenvalue weighted by molar-refractivity contribution is 7.89. The fourth-order valence-corrected chi connectivity index (χ4v) is 3.34. The van der Waals surface area contributed by atoms with Crippen LogP contribution in [0.5, 0.6) is 0 Å². The van der Waals surface area contributed by atoms with Gasteiger partial charge in [-0.2, -0.15) is 4.31 Å². The molecular weight excluding hydrogens is 294 g/mol. The van der Waals surface area contributed by atoms with Crippen LogP contribution in [0.15, 0.2) is 23.1 Å². The van der Waals surface area contributed by atoms with Crippen molar-refractivity contribution >= 4 is 21.4 Å². The molecule has 1 N–H and O–H groups in total. The van der Waals surface area contributed by atoms with Crippen LogP contribution < -0.4 is 5.32 Å². The van der Waals surface area contributed by atoms with E-state index in [-0.39, 0.29) is 16.3 Å². The fourth-order valence-electron chi connectivity index (χ4n) is 1.74. The molecule has 8 heteroatoms. The fraction of sp³-hybridized carbons (Fsp3) is 0.538. The van der Waals surface area contributed by atoms with Crippen LogP contribution in [-0.2, 0) is 10.0 Å². The maximum absolute atomic E-state index is 12.6. The summed E-state index contributed by atoms with van der Waals surface area (Å²) >= 11 is 0. The topological polar surface area (TPSA) is 92.5 Å². The van der Waals surface area contributed by atoms with Crippen LogP contribution in [0.4, 0.5) is 11.4 Å². The minimum Gasteiger partial charge on any atom is -0.383 e. The van der Waals surface area contributed by atoms with Crippen molar-refractivity contribution in [2.24, 2.45) is 0 Å². The molecule has 0 saturated carbocycles. The number of nitrogens with zero attached hydrogens (tertiary/aromatic N) is 2. The van der Waals surface area contributed by atoms with E-state index in [0.29, 0.717) is 6.42 Å². The Labute approximate surface area is 125 Å². The lowest BCUT2D eigenvalue weighted by Crippen LogP contribution is -2.44. The van der Waals surface area contributed by atoms with Crippen molar-refractivity contribution in [2.45, 2.75) is 37.6 Å². The van der Waals surface area contributed by atoms with Gasteiger partial charge in [0.15, 0.2) is 0 Å². The second-order valence-corrected chi connectivity index (χ2v) is 7.29. The second kappa shape index (κ2) is 5.98. The Kier molecular flexibility index (Phi) is 4.95. The molecule has 1 aromatic carbocycles. The third-order valence-electron chi connectivity index (χ3n) is 3.81. The molecule has 0 saturated heterocycles. The van der Waals surface area contributed by atoms with Gasteiger partial charge in [0, 0.05) is 25.7 Å². The monoisotopic (exact) mass is 315 g/mol. The van der Waals surface area contributed by atoms with E-state index >= 15 is 0 Å².